The number of hydrogen-bond donors (Lipinski definition) is 2. The van der Waals surface area contributed by atoms with Crippen LogP contribution in [0, 0.1) is 5.82 Å². The normalized spacial score (nSPS) is 14.1. The number of amides is 1. The summed E-state index contributed by atoms with van der Waals surface area (Å²) in [6, 6.07) is 1.30. The quantitative estimate of drug-likeness (QED) is 0.820. The van der Waals surface area contributed by atoms with Gasteiger partial charge in [-0.1, -0.05) is 13.3 Å². The summed E-state index contributed by atoms with van der Waals surface area (Å²) in [5.41, 5.74) is -1.03. The largest absolute Gasteiger partial charge is 0.388 e. The van der Waals surface area contributed by atoms with Crippen molar-refractivity contribution in [3.8, 4) is 0 Å². The van der Waals surface area contributed by atoms with E-state index in [4.69, 9.17) is 0 Å². The van der Waals surface area contributed by atoms with Gasteiger partial charge in [-0.25, -0.2) is 4.39 Å². The molecule has 1 heterocycles. The monoisotopic (exact) mass is 240 g/mol. The van der Waals surface area contributed by atoms with Gasteiger partial charge in [-0.2, -0.15) is 0 Å². The van der Waals surface area contributed by atoms with Crippen LogP contribution in [-0.4, -0.2) is 28.1 Å². The molecule has 0 aliphatic carbocycles. The second-order valence-corrected chi connectivity index (χ2v) is 4.29. The Bertz CT molecular complexity index is 394. The van der Waals surface area contributed by atoms with Crippen molar-refractivity contribution in [3.63, 3.8) is 0 Å². The number of hydrogen-bond acceptors (Lipinski definition) is 3. The summed E-state index contributed by atoms with van der Waals surface area (Å²) in [7, 11) is 0. The van der Waals surface area contributed by atoms with E-state index in [1.807, 2.05) is 6.92 Å². The zero-order valence-corrected chi connectivity index (χ0v) is 10.0. The van der Waals surface area contributed by atoms with Gasteiger partial charge in [-0.15, -0.1) is 0 Å². The summed E-state index contributed by atoms with van der Waals surface area (Å²) in [5, 5.41) is 12.4. The predicted molar refractivity (Wildman–Crippen MR) is 62.1 cm³/mol. The lowest BCUT2D eigenvalue weighted by molar-refractivity contribution is 0.0468. The Hall–Kier alpha value is -1.49. The van der Waals surface area contributed by atoms with Gasteiger partial charge < -0.3 is 10.4 Å². The average molecular weight is 240 g/mol. The lowest BCUT2D eigenvalue weighted by atomic mass is 10.0. The van der Waals surface area contributed by atoms with Crippen molar-refractivity contribution in [1.82, 2.24) is 10.3 Å². The maximum Gasteiger partial charge on any atom is 0.254 e. The lowest BCUT2D eigenvalue weighted by Gasteiger charge is -2.22. The predicted octanol–water partition coefficient (Wildman–Crippen LogP) is 1.50. The molecule has 0 saturated carbocycles. The highest BCUT2D eigenvalue weighted by Gasteiger charge is 2.21. The number of pyridine rings is 1. The molecule has 0 saturated heterocycles. The Morgan fingerprint density at radius 3 is 2.94 bits per heavy atom. The third-order valence-electron chi connectivity index (χ3n) is 2.44. The molecule has 2 N–H and O–H groups in total. The van der Waals surface area contributed by atoms with E-state index >= 15 is 0 Å². The summed E-state index contributed by atoms with van der Waals surface area (Å²) in [5.74, 6) is -1.21. The molecule has 1 rings (SSSR count). The zero-order valence-electron chi connectivity index (χ0n) is 10.0. The topological polar surface area (TPSA) is 62.2 Å². The number of carbonyl (C=O) groups is 1. The van der Waals surface area contributed by atoms with E-state index in [0.717, 1.165) is 12.6 Å². The van der Waals surface area contributed by atoms with Crippen LogP contribution in [-0.2, 0) is 0 Å². The molecule has 1 amide bonds. The number of nitrogens with one attached hydrogen (secondary N) is 1. The fourth-order valence-corrected chi connectivity index (χ4v) is 1.55. The van der Waals surface area contributed by atoms with Crippen molar-refractivity contribution in [2.24, 2.45) is 0 Å². The van der Waals surface area contributed by atoms with Crippen LogP contribution in [0.15, 0.2) is 18.5 Å². The van der Waals surface area contributed by atoms with Gasteiger partial charge in [0, 0.05) is 12.7 Å². The molecule has 0 fully saturated rings. The Balaban J connectivity index is 2.59. The number of aliphatic hydroxyl groups is 1. The van der Waals surface area contributed by atoms with E-state index in [1.165, 1.54) is 12.3 Å². The van der Waals surface area contributed by atoms with E-state index in [9.17, 15) is 14.3 Å². The van der Waals surface area contributed by atoms with Crippen molar-refractivity contribution in [1.29, 1.82) is 0 Å². The van der Waals surface area contributed by atoms with E-state index in [-0.39, 0.29) is 12.1 Å². The molecule has 0 radical (unpaired) electrons. The molecule has 0 spiro atoms. The molecule has 17 heavy (non-hydrogen) atoms. The standard InChI is InChI=1S/C12H17FN2O2/c1-3-5-12(2,17)8-15-11(16)9-4-6-14-7-10(9)13/h4,6-7,17H,3,5,8H2,1-2H3,(H,15,16). The molecule has 4 nitrogen and oxygen atoms in total. The Labute approximate surface area is 99.9 Å². The molecule has 1 aromatic rings. The van der Waals surface area contributed by atoms with E-state index in [0.29, 0.717) is 6.42 Å². The van der Waals surface area contributed by atoms with Crippen LogP contribution in [0.5, 0.6) is 0 Å². The Morgan fingerprint density at radius 1 is 1.65 bits per heavy atom. The molecular weight excluding hydrogens is 223 g/mol. The fourth-order valence-electron chi connectivity index (χ4n) is 1.55. The summed E-state index contributed by atoms with van der Waals surface area (Å²) in [6.07, 6.45) is 3.72. The first-order chi connectivity index (χ1) is 7.96. The van der Waals surface area contributed by atoms with Crippen molar-refractivity contribution < 1.29 is 14.3 Å². The van der Waals surface area contributed by atoms with Crippen LogP contribution in [0.4, 0.5) is 4.39 Å². The van der Waals surface area contributed by atoms with E-state index in [2.05, 4.69) is 10.3 Å². The highest BCUT2D eigenvalue weighted by molar-refractivity contribution is 5.94. The third kappa shape index (κ3) is 4.11. The number of rotatable bonds is 5. The molecule has 1 atom stereocenters. The van der Waals surface area contributed by atoms with Crippen LogP contribution in [0.3, 0.4) is 0 Å². The van der Waals surface area contributed by atoms with Crippen LogP contribution < -0.4 is 5.32 Å². The van der Waals surface area contributed by atoms with Crippen molar-refractivity contribution >= 4 is 5.91 Å². The number of aromatic nitrogens is 1. The maximum atomic E-state index is 13.2. The molecule has 0 aliphatic rings. The highest BCUT2D eigenvalue weighted by Crippen LogP contribution is 2.11. The summed E-state index contributed by atoms with van der Waals surface area (Å²) >= 11 is 0. The molecular formula is C12H17FN2O2. The third-order valence-corrected chi connectivity index (χ3v) is 2.44. The minimum absolute atomic E-state index is 0.0627. The molecule has 0 aliphatic heterocycles. The first-order valence-corrected chi connectivity index (χ1v) is 5.56. The van der Waals surface area contributed by atoms with Gasteiger partial charge in [0.1, 0.15) is 0 Å². The fraction of sp³-hybridized carbons (Fsp3) is 0.500. The Kier molecular flexibility index (Phi) is 4.57. The summed E-state index contributed by atoms with van der Waals surface area (Å²) < 4.78 is 13.2. The number of nitrogens with zero attached hydrogens (tertiary/aromatic N) is 1. The zero-order chi connectivity index (χ0) is 12.9. The number of carbonyl (C=O) groups excluding carboxylic acids is 1. The van der Waals surface area contributed by atoms with Gasteiger partial charge in [0.25, 0.3) is 5.91 Å². The van der Waals surface area contributed by atoms with Gasteiger partial charge in [0.05, 0.1) is 17.4 Å². The molecule has 5 heteroatoms. The van der Waals surface area contributed by atoms with Gasteiger partial charge in [-0.05, 0) is 19.4 Å². The first kappa shape index (κ1) is 13.6. The molecule has 1 unspecified atom stereocenters. The van der Waals surface area contributed by atoms with Gasteiger partial charge in [0.2, 0.25) is 0 Å². The molecule has 1 aromatic heterocycles. The minimum Gasteiger partial charge on any atom is -0.388 e. The smallest absolute Gasteiger partial charge is 0.254 e. The Morgan fingerprint density at radius 2 is 2.35 bits per heavy atom. The highest BCUT2D eigenvalue weighted by atomic mass is 19.1. The van der Waals surface area contributed by atoms with Crippen molar-refractivity contribution in [3.05, 3.63) is 29.8 Å². The summed E-state index contributed by atoms with van der Waals surface area (Å²) in [6.45, 7) is 3.68. The molecule has 0 bridgehead atoms. The van der Waals surface area contributed by atoms with Gasteiger partial charge >= 0.3 is 0 Å². The SMILES string of the molecule is CCCC(C)(O)CNC(=O)c1ccncc1F. The number of halogens is 1. The average Bonchev–Trinajstić information content (AvgIpc) is 2.27. The van der Waals surface area contributed by atoms with Crippen LogP contribution in [0.1, 0.15) is 37.0 Å². The molecule has 0 aromatic carbocycles. The van der Waals surface area contributed by atoms with Gasteiger partial charge in [-0.3, -0.25) is 9.78 Å². The second kappa shape index (κ2) is 5.72. The lowest BCUT2D eigenvalue weighted by Crippen LogP contribution is -2.40. The van der Waals surface area contributed by atoms with Crippen LogP contribution in [0.25, 0.3) is 0 Å². The van der Waals surface area contributed by atoms with Crippen LogP contribution in [0.2, 0.25) is 0 Å². The summed E-state index contributed by atoms with van der Waals surface area (Å²) in [4.78, 5) is 15.2. The van der Waals surface area contributed by atoms with Crippen molar-refractivity contribution in [2.45, 2.75) is 32.3 Å². The minimum atomic E-state index is -0.964. The second-order valence-electron chi connectivity index (χ2n) is 4.29. The van der Waals surface area contributed by atoms with E-state index < -0.39 is 17.3 Å². The first-order valence-electron chi connectivity index (χ1n) is 5.56. The van der Waals surface area contributed by atoms with Crippen molar-refractivity contribution in [2.75, 3.05) is 6.54 Å². The van der Waals surface area contributed by atoms with E-state index in [1.54, 1.807) is 6.92 Å². The molecule has 94 valence electrons. The van der Waals surface area contributed by atoms with Gasteiger partial charge in [0.15, 0.2) is 5.82 Å². The maximum absolute atomic E-state index is 13.2. The van der Waals surface area contributed by atoms with Crippen LogP contribution >= 0.6 is 0 Å².